The number of hydrogen-bond donors (Lipinski definition) is 1. The maximum atomic E-state index is 12.8. The van der Waals surface area contributed by atoms with Crippen molar-refractivity contribution in [3.05, 3.63) is 29.8 Å². The van der Waals surface area contributed by atoms with Gasteiger partial charge in [0, 0.05) is 30.6 Å². The third kappa shape index (κ3) is 4.61. The lowest BCUT2D eigenvalue weighted by Gasteiger charge is -2.31. The van der Waals surface area contributed by atoms with E-state index in [-0.39, 0.29) is 53.1 Å². The van der Waals surface area contributed by atoms with Crippen LogP contribution in [0.15, 0.2) is 29.2 Å². The molecule has 1 N–H and O–H groups in total. The summed E-state index contributed by atoms with van der Waals surface area (Å²) >= 11 is 0. The van der Waals surface area contributed by atoms with E-state index in [4.69, 9.17) is 0 Å². The first-order valence-electron chi connectivity index (χ1n) is 9.20. The molecule has 0 bridgehead atoms. The van der Waals surface area contributed by atoms with E-state index in [0.29, 0.717) is 24.8 Å². The highest BCUT2D eigenvalue weighted by Crippen LogP contribution is 2.25. The van der Waals surface area contributed by atoms with Crippen LogP contribution in [-0.2, 0) is 24.7 Å². The zero-order chi connectivity index (χ0) is 20.5. The van der Waals surface area contributed by atoms with Crippen LogP contribution in [0.3, 0.4) is 0 Å². The largest absolute Gasteiger partial charge is 0.352 e. The number of carbonyl (C=O) groups excluding carboxylic acids is 2. The maximum absolute atomic E-state index is 12.8. The van der Waals surface area contributed by atoms with E-state index >= 15 is 0 Å². The molecule has 28 heavy (non-hydrogen) atoms. The smallest absolute Gasteiger partial charge is 0.243 e. The maximum Gasteiger partial charge on any atom is 0.243 e. The zero-order valence-corrected chi connectivity index (χ0v) is 17.3. The van der Waals surface area contributed by atoms with Crippen molar-refractivity contribution in [2.45, 2.75) is 37.1 Å². The van der Waals surface area contributed by atoms with Gasteiger partial charge in [0.15, 0.2) is 15.6 Å². The van der Waals surface area contributed by atoms with E-state index in [9.17, 15) is 26.4 Å². The fourth-order valence-electron chi connectivity index (χ4n) is 3.60. The summed E-state index contributed by atoms with van der Waals surface area (Å²) < 4.78 is 49.9. The summed E-state index contributed by atoms with van der Waals surface area (Å²) in [6.07, 6.45) is 1.20. The lowest BCUT2D eigenvalue weighted by Crippen LogP contribution is -2.45. The first-order chi connectivity index (χ1) is 13.1. The van der Waals surface area contributed by atoms with Crippen LogP contribution < -0.4 is 5.32 Å². The van der Waals surface area contributed by atoms with Crippen LogP contribution in [-0.4, -0.2) is 63.5 Å². The topological polar surface area (TPSA) is 118 Å². The molecule has 0 radical (unpaired) electrons. The van der Waals surface area contributed by atoms with E-state index in [1.165, 1.54) is 35.5 Å². The van der Waals surface area contributed by atoms with Gasteiger partial charge in [-0.2, -0.15) is 4.31 Å². The molecule has 2 fully saturated rings. The Hall–Kier alpha value is -1.78. The molecule has 3 rings (SSSR count). The molecule has 1 atom stereocenters. The van der Waals surface area contributed by atoms with Crippen molar-refractivity contribution in [2.24, 2.45) is 5.92 Å². The Balaban J connectivity index is 1.58. The van der Waals surface area contributed by atoms with Gasteiger partial charge in [-0.3, -0.25) is 9.59 Å². The number of sulfone groups is 1. The van der Waals surface area contributed by atoms with Crippen molar-refractivity contribution in [3.8, 4) is 0 Å². The highest BCUT2D eigenvalue weighted by atomic mass is 32.2. The Bertz CT molecular complexity index is 962. The van der Waals surface area contributed by atoms with Gasteiger partial charge in [-0.15, -0.1) is 0 Å². The molecule has 2 heterocycles. The van der Waals surface area contributed by atoms with Crippen LogP contribution in [0.4, 0.5) is 0 Å². The highest BCUT2D eigenvalue weighted by Gasteiger charge is 2.34. The second-order valence-electron chi connectivity index (χ2n) is 7.37. The Morgan fingerprint density at radius 3 is 2.18 bits per heavy atom. The number of hydrogen-bond acceptors (Lipinski definition) is 6. The van der Waals surface area contributed by atoms with E-state index in [1.54, 1.807) is 0 Å². The Morgan fingerprint density at radius 2 is 1.68 bits per heavy atom. The van der Waals surface area contributed by atoms with Crippen LogP contribution in [0.1, 0.15) is 36.5 Å². The van der Waals surface area contributed by atoms with Gasteiger partial charge in [0.25, 0.3) is 0 Å². The molecule has 2 aliphatic rings. The summed E-state index contributed by atoms with van der Waals surface area (Å²) in [5.41, 5.74) is 0.447. The SMILES string of the molecule is CC(=O)c1ccc(S(=O)(=O)N2CCC(C(=O)N[C@H]3CCS(=O)(=O)C3)CC2)cc1. The Labute approximate surface area is 165 Å². The number of ketones is 1. The number of carbonyl (C=O) groups is 2. The number of piperidine rings is 1. The molecular formula is C18H24N2O6S2. The van der Waals surface area contributed by atoms with Gasteiger partial charge >= 0.3 is 0 Å². The van der Waals surface area contributed by atoms with Crippen molar-refractivity contribution in [1.29, 1.82) is 0 Å². The van der Waals surface area contributed by atoms with Crippen LogP contribution in [0.5, 0.6) is 0 Å². The fourth-order valence-corrected chi connectivity index (χ4v) is 6.74. The third-order valence-corrected chi connectivity index (χ3v) is 8.98. The summed E-state index contributed by atoms with van der Waals surface area (Å²) in [6.45, 7) is 1.86. The number of rotatable bonds is 5. The van der Waals surface area contributed by atoms with E-state index < -0.39 is 19.9 Å². The molecular weight excluding hydrogens is 404 g/mol. The van der Waals surface area contributed by atoms with Crippen LogP contribution in [0.25, 0.3) is 0 Å². The molecule has 0 unspecified atom stereocenters. The molecule has 154 valence electrons. The van der Waals surface area contributed by atoms with Crippen LogP contribution >= 0.6 is 0 Å². The second-order valence-corrected chi connectivity index (χ2v) is 11.5. The zero-order valence-electron chi connectivity index (χ0n) is 15.6. The number of amides is 1. The Morgan fingerprint density at radius 1 is 1.07 bits per heavy atom. The molecule has 1 amide bonds. The molecule has 1 aromatic rings. The first-order valence-corrected chi connectivity index (χ1v) is 12.5. The van der Waals surface area contributed by atoms with E-state index in [1.807, 2.05) is 0 Å². The van der Waals surface area contributed by atoms with E-state index in [0.717, 1.165) is 0 Å². The van der Waals surface area contributed by atoms with Gasteiger partial charge in [-0.25, -0.2) is 16.8 Å². The highest BCUT2D eigenvalue weighted by molar-refractivity contribution is 7.91. The van der Waals surface area contributed by atoms with Gasteiger partial charge in [0.1, 0.15) is 0 Å². The molecule has 0 aromatic heterocycles. The van der Waals surface area contributed by atoms with Crippen molar-refractivity contribution in [1.82, 2.24) is 9.62 Å². The molecule has 8 nitrogen and oxygen atoms in total. The van der Waals surface area contributed by atoms with Crippen LogP contribution in [0, 0.1) is 5.92 Å². The monoisotopic (exact) mass is 428 g/mol. The van der Waals surface area contributed by atoms with Gasteiger partial charge in [-0.1, -0.05) is 12.1 Å². The van der Waals surface area contributed by atoms with Gasteiger partial charge in [-0.05, 0) is 38.3 Å². The van der Waals surface area contributed by atoms with Crippen molar-refractivity contribution < 1.29 is 26.4 Å². The first kappa shape index (κ1) is 20.9. The molecule has 2 aliphatic heterocycles. The fraction of sp³-hybridized carbons (Fsp3) is 0.556. The average Bonchev–Trinajstić information content (AvgIpc) is 3.00. The molecule has 0 spiro atoms. The molecule has 0 aliphatic carbocycles. The summed E-state index contributed by atoms with van der Waals surface area (Å²) in [4.78, 5) is 23.8. The van der Waals surface area contributed by atoms with Crippen LogP contribution in [0.2, 0.25) is 0 Å². The third-order valence-electron chi connectivity index (χ3n) is 5.30. The molecule has 10 heteroatoms. The van der Waals surface area contributed by atoms with Crippen molar-refractivity contribution >= 4 is 31.6 Å². The predicted octanol–water partition coefficient (Wildman–Crippen LogP) is 0.593. The Kier molecular flexibility index (Phi) is 5.92. The van der Waals surface area contributed by atoms with Crippen molar-refractivity contribution in [3.63, 3.8) is 0 Å². The lowest BCUT2D eigenvalue weighted by molar-refractivity contribution is -0.126. The normalized spacial score (nSPS) is 23.4. The average molecular weight is 429 g/mol. The molecule has 1 aromatic carbocycles. The summed E-state index contributed by atoms with van der Waals surface area (Å²) in [5.74, 6) is -0.593. The van der Waals surface area contributed by atoms with E-state index in [2.05, 4.69) is 5.32 Å². The minimum absolute atomic E-state index is 0.0256. The standard InChI is InChI=1S/C18H24N2O6S2/c1-13(21)14-2-4-17(5-3-14)28(25,26)20-9-6-15(7-10-20)18(22)19-16-8-11-27(23,24)12-16/h2-5,15-16H,6-12H2,1H3,(H,19,22)/t16-/m0/s1. The molecule has 2 saturated heterocycles. The molecule has 0 saturated carbocycles. The minimum atomic E-state index is -3.68. The minimum Gasteiger partial charge on any atom is -0.352 e. The lowest BCUT2D eigenvalue weighted by atomic mass is 9.97. The number of sulfonamides is 1. The number of benzene rings is 1. The predicted molar refractivity (Wildman–Crippen MR) is 103 cm³/mol. The van der Waals surface area contributed by atoms with Crippen molar-refractivity contribution in [2.75, 3.05) is 24.6 Å². The quantitative estimate of drug-likeness (QED) is 0.686. The number of Topliss-reactive ketones (excluding diaryl/α,β-unsaturated/α-hetero) is 1. The van der Waals surface area contributed by atoms with Gasteiger partial charge in [0.2, 0.25) is 15.9 Å². The number of nitrogens with one attached hydrogen (secondary N) is 1. The number of nitrogens with zero attached hydrogens (tertiary/aromatic N) is 1. The summed E-state index contributed by atoms with van der Waals surface area (Å²) in [5, 5.41) is 2.79. The van der Waals surface area contributed by atoms with Gasteiger partial charge < -0.3 is 5.32 Å². The summed E-state index contributed by atoms with van der Waals surface area (Å²) in [7, 11) is -6.74. The summed E-state index contributed by atoms with van der Waals surface area (Å²) in [6, 6.07) is 5.48. The van der Waals surface area contributed by atoms with Gasteiger partial charge in [0.05, 0.1) is 16.4 Å². The second kappa shape index (κ2) is 7.92.